The molecule has 0 aromatic heterocycles. The Kier molecular flexibility index (Phi) is 2.29. The highest BCUT2D eigenvalue weighted by atomic mass is 32.2. The van der Waals surface area contributed by atoms with Gasteiger partial charge in [0.05, 0.1) is 10.9 Å². The van der Waals surface area contributed by atoms with Crippen molar-refractivity contribution in [3.63, 3.8) is 0 Å². The van der Waals surface area contributed by atoms with Gasteiger partial charge in [0.2, 0.25) is 0 Å². The van der Waals surface area contributed by atoms with Crippen molar-refractivity contribution in [1.29, 1.82) is 5.26 Å². The van der Waals surface area contributed by atoms with Gasteiger partial charge in [0.25, 0.3) is 0 Å². The van der Waals surface area contributed by atoms with E-state index < -0.39 is 0 Å². The van der Waals surface area contributed by atoms with Gasteiger partial charge < -0.3 is 0 Å². The van der Waals surface area contributed by atoms with Gasteiger partial charge in [-0.3, -0.25) is 5.32 Å². The molecule has 0 aromatic rings. The summed E-state index contributed by atoms with van der Waals surface area (Å²) < 4.78 is 0. The third-order valence-corrected chi connectivity index (χ3v) is 4.83. The highest BCUT2D eigenvalue weighted by Crippen LogP contribution is 2.44. The second-order valence-electron chi connectivity index (χ2n) is 4.41. The molecule has 1 heterocycles. The number of hydrogen-bond acceptors (Lipinski definition) is 3. The van der Waals surface area contributed by atoms with Crippen molar-refractivity contribution in [3.05, 3.63) is 0 Å². The van der Waals surface area contributed by atoms with E-state index in [-0.39, 0.29) is 10.4 Å². The van der Waals surface area contributed by atoms with E-state index in [0.29, 0.717) is 0 Å². The van der Waals surface area contributed by atoms with E-state index in [4.69, 9.17) is 5.26 Å². The molecule has 1 saturated carbocycles. The maximum atomic E-state index is 9.01. The van der Waals surface area contributed by atoms with Crippen LogP contribution in [0.3, 0.4) is 0 Å². The standard InChI is InChI=1S/C10H16N2S/c1-9(7-11)8-13-10(12-9)5-3-2-4-6-10/h12H,2-6,8H2,1H3/t9-/m0/s1. The van der Waals surface area contributed by atoms with E-state index in [2.05, 4.69) is 11.4 Å². The van der Waals surface area contributed by atoms with Crippen LogP contribution >= 0.6 is 11.8 Å². The van der Waals surface area contributed by atoms with Crippen LogP contribution in [0.5, 0.6) is 0 Å². The van der Waals surface area contributed by atoms with Crippen molar-refractivity contribution >= 4 is 11.8 Å². The van der Waals surface area contributed by atoms with Gasteiger partial charge in [0, 0.05) is 5.75 Å². The minimum Gasteiger partial charge on any atom is -0.284 e. The summed E-state index contributed by atoms with van der Waals surface area (Å²) in [5, 5.41) is 12.5. The fraction of sp³-hybridized carbons (Fsp3) is 0.900. The average Bonchev–Trinajstić information content (AvgIpc) is 2.47. The van der Waals surface area contributed by atoms with Crippen molar-refractivity contribution in [2.24, 2.45) is 0 Å². The molecule has 13 heavy (non-hydrogen) atoms. The number of thioether (sulfide) groups is 1. The van der Waals surface area contributed by atoms with Gasteiger partial charge in [0.15, 0.2) is 0 Å². The first kappa shape index (κ1) is 9.36. The smallest absolute Gasteiger partial charge is 0.114 e. The molecule has 0 bridgehead atoms. The second-order valence-corrected chi connectivity index (χ2v) is 5.77. The average molecular weight is 196 g/mol. The Balaban J connectivity index is 2.07. The van der Waals surface area contributed by atoms with E-state index in [0.717, 1.165) is 5.75 Å². The molecule has 0 unspecified atom stereocenters. The molecular weight excluding hydrogens is 180 g/mol. The Morgan fingerprint density at radius 3 is 2.54 bits per heavy atom. The third-order valence-electron chi connectivity index (χ3n) is 3.05. The van der Waals surface area contributed by atoms with Crippen LogP contribution in [0.4, 0.5) is 0 Å². The van der Waals surface area contributed by atoms with Crippen LogP contribution in [-0.4, -0.2) is 16.2 Å². The fourth-order valence-corrected chi connectivity index (χ4v) is 3.89. The summed E-state index contributed by atoms with van der Waals surface area (Å²) in [7, 11) is 0. The zero-order valence-electron chi connectivity index (χ0n) is 8.10. The van der Waals surface area contributed by atoms with Gasteiger partial charge in [-0.15, -0.1) is 11.8 Å². The summed E-state index contributed by atoms with van der Waals surface area (Å²) in [6.07, 6.45) is 6.50. The lowest BCUT2D eigenvalue weighted by atomic mass is 9.92. The predicted molar refractivity (Wildman–Crippen MR) is 55.4 cm³/mol. The van der Waals surface area contributed by atoms with E-state index in [9.17, 15) is 0 Å². The molecule has 1 N–H and O–H groups in total. The minimum absolute atomic E-state index is 0.253. The molecule has 0 aromatic carbocycles. The molecule has 1 spiro atoms. The summed E-state index contributed by atoms with van der Waals surface area (Å²) in [4.78, 5) is 0.253. The number of nitrogens with one attached hydrogen (secondary N) is 1. The van der Waals surface area contributed by atoms with Crippen molar-refractivity contribution in [2.75, 3.05) is 5.75 Å². The molecule has 2 aliphatic rings. The predicted octanol–water partition coefficient (Wildman–Crippen LogP) is 2.27. The number of rotatable bonds is 0. The van der Waals surface area contributed by atoms with Crippen LogP contribution in [0.2, 0.25) is 0 Å². The van der Waals surface area contributed by atoms with Crippen molar-refractivity contribution in [2.45, 2.75) is 49.4 Å². The van der Waals surface area contributed by atoms with Gasteiger partial charge in [-0.1, -0.05) is 19.3 Å². The minimum atomic E-state index is -0.276. The normalized spacial score (nSPS) is 37.5. The maximum absolute atomic E-state index is 9.01. The van der Waals surface area contributed by atoms with Gasteiger partial charge in [0.1, 0.15) is 5.54 Å². The Bertz CT molecular complexity index is 240. The van der Waals surface area contributed by atoms with Crippen molar-refractivity contribution in [1.82, 2.24) is 5.32 Å². The van der Waals surface area contributed by atoms with Crippen LogP contribution in [0, 0.1) is 11.3 Å². The topological polar surface area (TPSA) is 35.8 Å². The highest BCUT2D eigenvalue weighted by molar-refractivity contribution is 8.01. The first-order valence-corrected chi connectivity index (χ1v) is 6.01. The third kappa shape index (κ3) is 1.70. The van der Waals surface area contributed by atoms with Gasteiger partial charge in [-0.05, 0) is 19.8 Å². The lowest BCUT2D eigenvalue weighted by Crippen LogP contribution is -2.49. The lowest BCUT2D eigenvalue weighted by Gasteiger charge is -2.34. The second kappa shape index (κ2) is 3.18. The lowest BCUT2D eigenvalue weighted by molar-refractivity contribution is 0.310. The quantitative estimate of drug-likeness (QED) is 0.645. The summed E-state index contributed by atoms with van der Waals surface area (Å²) in [6, 6.07) is 2.38. The monoisotopic (exact) mass is 196 g/mol. The maximum Gasteiger partial charge on any atom is 0.114 e. The zero-order chi connectivity index (χ0) is 9.36. The van der Waals surface area contributed by atoms with E-state index in [1.807, 2.05) is 18.7 Å². The Morgan fingerprint density at radius 2 is 2.00 bits per heavy atom. The Morgan fingerprint density at radius 1 is 1.31 bits per heavy atom. The van der Waals surface area contributed by atoms with E-state index in [1.54, 1.807) is 0 Å². The van der Waals surface area contributed by atoms with Crippen LogP contribution in [0.25, 0.3) is 0 Å². The SMILES string of the molecule is C[C@]1(C#N)CSC2(CCCCC2)N1. The first-order chi connectivity index (χ1) is 6.18. The molecule has 2 nitrogen and oxygen atoms in total. The highest BCUT2D eigenvalue weighted by Gasteiger charge is 2.45. The molecule has 2 fully saturated rings. The van der Waals surface area contributed by atoms with Crippen molar-refractivity contribution < 1.29 is 0 Å². The van der Waals surface area contributed by atoms with Gasteiger partial charge >= 0.3 is 0 Å². The molecule has 0 radical (unpaired) electrons. The van der Waals surface area contributed by atoms with Crippen LogP contribution in [-0.2, 0) is 0 Å². The molecule has 0 amide bonds. The first-order valence-electron chi connectivity index (χ1n) is 5.03. The molecule has 1 aliphatic carbocycles. The Labute approximate surface area is 84.1 Å². The number of nitriles is 1. The number of nitrogens with zero attached hydrogens (tertiary/aromatic N) is 1. The fourth-order valence-electron chi connectivity index (χ4n) is 2.31. The van der Waals surface area contributed by atoms with Gasteiger partial charge in [-0.25, -0.2) is 0 Å². The molecule has 1 atom stereocenters. The summed E-state index contributed by atoms with van der Waals surface area (Å²) in [5.41, 5.74) is -0.276. The van der Waals surface area contributed by atoms with Crippen LogP contribution in [0.1, 0.15) is 39.0 Å². The van der Waals surface area contributed by atoms with Crippen LogP contribution < -0.4 is 5.32 Å². The van der Waals surface area contributed by atoms with E-state index >= 15 is 0 Å². The Hall–Kier alpha value is -0.200. The van der Waals surface area contributed by atoms with Crippen molar-refractivity contribution in [3.8, 4) is 6.07 Å². The largest absolute Gasteiger partial charge is 0.284 e. The van der Waals surface area contributed by atoms with E-state index in [1.165, 1.54) is 32.1 Å². The molecule has 1 saturated heterocycles. The number of hydrogen-bond donors (Lipinski definition) is 1. The molecule has 72 valence electrons. The molecule has 3 heteroatoms. The molecule has 2 rings (SSSR count). The summed E-state index contributed by atoms with van der Waals surface area (Å²) >= 11 is 1.96. The van der Waals surface area contributed by atoms with Gasteiger partial charge in [-0.2, -0.15) is 5.26 Å². The molecular formula is C10H16N2S. The summed E-state index contributed by atoms with van der Waals surface area (Å²) in [6.45, 7) is 2.02. The zero-order valence-corrected chi connectivity index (χ0v) is 8.91. The summed E-state index contributed by atoms with van der Waals surface area (Å²) in [5.74, 6) is 0.948. The molecule has 1 aliphatic heterocycles. The van der Waals surface area contributed by atoms with Crippen LogP contribution in [0.15, 0.2) is 0 Å².